The number of nitrogens with zero attached hydrogens (tertiary/aromatic N) is 1. The van der Waals surface area contributed by atoms with E-state index in [1.165, 1.54) is 19.2 Å². The van der Waals surface area contributed by atoms with E-state index in [0.29, 0.717) is 19.0 Å². The van der Waals surface area contributed by atoms with Crippen molar-refractivity contribution in [2.24, 2.45) is 0 Å². The summed E-state index contributed by atoms with van der Waals surface area (Å²) >= 11 is 0. The second-order valence-corrected chi connectivity index (χ2v) is 4.88. The Balaban J connectivity index is 2.18. The molecule has 1 saturated heterocycles. The first-order valence-electron chi connectivity index (χ1n) is 6.42. The first-order valence-corrected chi connectivity index (χ1v) is 6.42. The summed E-state index contributed by atoms with van der Waals surface area (Å²) in [7, 11) is 1.38. The van der Waals surface area contributed by atoms with Gasteiger partial charge < -0.3 is 15.0 Å². The Labute approximate surface area is 112 Å². The number of piperazine rings is 1. The molecule has 104 valence electrons. The molecule has 1 aromatic carbocycles. The lowest BCUT2D eigenvalue weighted by Gasteiger charge is -2.40. The minimum atomic E-state index is -0.263. The summed E-state index contributed by atoms with van der Waals surface area (Å²) < 4.78 is 18.1. The number of methoxy groups -OCH3 is 1. The predicted octanol–water partition coefficient (Wildman–Crippen LogP) is 1.56. The van der Waals surface area contributed by atoms with Crippen LogP contribution >= 0.6 is 0 Å². The molecule has 4 nitrogen and oxygen atoms in total. The number of rotatable bonds is 3. The Morgan fingerprint density at radius 3 is 3.05 bits per heavy atom. The average molecular weight is 266 g/mol. The standard InChI is InChI=1S/C14H19FN2O2/c1-10-9-17(12-5-3-4-11(15)6-12)13(8-16-10)7-14(18)19-2/h3-6,10,13,16H,7-9H2,1-2H3. The van der Waals surface area contributed by atoms with Gasteiger partial charge in [0.05, 0.1) is 19.6 Å². The molecule has 0 aromatic heterocycles. The quantitative estimate of drug-likeness (QED) is 0.843. The van der Waals surface area contributed by atoms with Crippen LogP contribution in [0.3, 0.4) is 0 Å². The number of hydrogen-bond acceptors (Lipinski definition) is 4. The second-order valence-electron chi connectivity index (χ2n) is 4.88. The van der Waals surface area contributed by atoms with Gasteiger partial charge in [-0.1, -0.05) is 6.07 Å². The van der Waals surface area contributed by atoms with Crippen LogP contribution in [-0.4, -0.2) is 38.3 Å². The second kappa shape index (κ2) is 6.02. The van der Waals surface area contributed by atoms with E-state index in [2.05, 4.69) is 17.1 Å². The third-order valence-electron chi connectivity index (χ3n) is 3.38. The topological polar surface area (TPSA) is 41.6 Å². The predicted molar refractivity (Wildman–Crippen MR) is 71.6 cm³/mol. The SMILES string of the molecule is COC(=O)CC1CNC(C)CN1c1cccc(F)c1. The third-order valence-corrected chi connectivity index (χ3v) is 3.38. The molecule has 0 aliphatic carbocycles. The number of esters is 1. The molecule has 1 N–H and O–H groups in total. The Kier molecular flexibility index (Phi) is 4.37. The molecule has 5 heteroatoms. The molecule has 2 atom stereocenters. The van der Waals surface area contributed by atoms with Gasteiger partial charge >= 0.3 is 5.97 Å². The monoisotopic (exact) mass is 266 g/mol. The highest BCUT2D eigenvalue weighted by Gasteiger charge is 2.28. The molecule has 0 saturated carbocycles. The summed E-state index contributed by atoms with van der Waals surface area (Å²) in [5.74, 6) is -0.511. The highest BCUT2D eigenvalue weighted by atomic mass is 19.1. The lowest BCUT2D eigenvalue weighted by molar-refractivity contribution is -0.141. The van der Waals surface area contributed by atoms with Gasteiger partial charge in [-0.05, 0) is 25.1 Å². The molecule has 2 unspecified atom stereocenters. The van der Waals surface area contributed by atoms with Gasteiger partial charge in [-0.15, -0.1) is 0 Å². The summed E-state index contributed by atoms with van der Waals surface area (Å²) in [5.41, 5.74) is 0.808. The number of anilines is 1. The van der Waals surface area contributed by atoms with E-state index < -0.39 is 0 Å². The van der Waals surface area contributed by atoms with Gasteiger partial charge in [-0.25, -0.2) is 4.39 Å². The summed E-state index contributed by atoms with van der Waals surface area (Å²) in [4.78, 5) is 13.5. The van der Waals surface area contributed by atoms with Crippen LogP contribution in [0.4, 0.5) is 10.1 Å². The first kappa shape index (κ1) is 13.8. The number of carbonyl (C=O) groups excluding carboxylic acids is 1. The van der Waals surface area contributed by atoms with Gasteiger partial charge in [0.2, 0.25) is 0 Å². The molecule has 0 spiro atoms. The molecule has 1 aliphatic rings. The van der Waals surface area contributed by atoms with Crippen LogP contribution in [0.2, 0.25) is 0 Å². The van der Waals surface area contributed by atoms with E-state index in [4.69, 9.17) is 4.74 Å². The number of nitrogens with one attached hydrogen (secondary N) is 1. The smallest absolute Gasteiger partial charge is 0.307 e. The van der Waals surface area contributed by atoms with Crippen LogP contribution in [0, 0.1) is 5.82 Å². The molecule has 1 aliphatic heterocycles. The summed E-state index contributed by atoms with van der Waals surface area (Å²) in [5, 5.41) is 3.33. The van der Waals surface area contributed by atoms with Crippen LogP contribution in [0.15, 0.2) is 24.3 Å². The molecule has 1 aromatic rings. The van der Waals surface area contributed by atoms with Gasteiger partial charge in [0.1, 0.15) is 5.82 Å². The van der Waals surface area contributed by atoms with Crippen LogP contribution < -0.4 is 10.2 Å². The van der Waals surface area contributed by atoms with E-state index in [9.17, 15) is 9.18 Å². The van der Waals surface area contributed by atoms with Crippen molar-refractivity contribution >= 4 is 11.7 Å². The fourth-order valence-electron chi connectivity index (χ4n) is 2.39. The Morgan fingerprint density at radius 1 is 1.58 bits per heavy atom. The summed E-state index contributed by atoms with van der Waals surface area (Å²) in [6.45, 7) is 3.50. The number of benzene rings is 1. The zero-order valence-electron chi connectivity index (χ0n) is 11.2. The van der Waals surface area contributed by atoms with Crippen molar-refractivity contribution < 1.29 is 13.9 Å². The van der Waals surface area contributed by atoms with E-state index in [0.717, 1.165) is 12.2 Å². The van der Waals surface area contributed by atoms with Gasteiger partial charge in [0, 0.05) is 24.8 Å². The van der Waals surface area contributed by atoms with Crippen molar-refractivity contribution in [2.75, 3.05) is 25.1 Å². The normalized spacial score (nSPS) is 23.2. The summed E-state index contributed by atoms with van der Waals surface area (Å²) in [6.07, 6.45) is 0.298. The molecule has 2 rings (SSSR count). The van der Waals surface area contributed by atoms with Crippen LogP contribution in [0.1, 0.15) is 13.3 Å². The summed E-state index contributed by atoms with van der Waals surface area (Å²) in [6, 6.07) is 6.77. The molecule has 1 fully saturated rings. The maximum Gasteiger partial charge on any atom is 0.307 e. The van der Waals surface area contributed by atoms with E-state index >= 15 is 0 Å². The molecule has 0 radical (unpaired) electrons. The Hall–Kier alpha value is -1.62. The largest absolute Gasteiger partial charge is 0.469 e. The van der Waals surface area contributed by atoms with Crippen molar-refractivity contribution in [1.29, 1.82) is 0 Å². The van der Waals surface area contributed by atoms with Crippen LogP contribution in [0.5, 0.6) is 0 Å². The molecule has 0 bridgehead atoms. The lowest BCUT2D eigenvalue weighted by Crippen LogP contribution is -2.56. The van der Waals surface area contributed by atoms with E-state index in [1.54, 1.807) is 6.07 Å². The Morgan fingerprint density at radius 2 is 2.37 bits per heavy atom. The number of ether oxygens (including phenoxy) is 1. The first-order chi connectivity index (χ1) is 9.10. The van der Waals surface area contributed by atoms with Crippen molar-refractivity contribution in [3.05, 3.63) is 30.1 Å². The lowest BCUT2D eigenvalue weighted by atomic mass is 10.1. The Bertz CT molecular complexity index is 453. The molecular formula is C14H19FN2O2. The maximum atomic E-state index is 13.3. The van der Waals surface area contributed by atoms with Crippen LogP contribution in [0.25, 0.3) is 0 Å². The fraction of sp³-hybridized carbons (Fsp3) is 0.500. The van der Waals surface area contributed by atoms with E-state index in [-0.39, 0.29) is 17.8 Å². The van der Waals surface area contributed by atoms with Gasteiger partial charge in [0.25, 0.3) is 0 Å². The highest BCUT2D eigenvalue weighted by molar-refractivity contribution is 5.71. The van der Waals surface area contributed by atoms with Gasteiger partial charge in [-0.2, -0.15) is 0 Å². The van der Waals surface area contributed by atoms with Crippen molar-refractivity contribution in [3.8, 4) is 0 Å². The molecule has 19 heavy (non-hydrogen) atoms. The average Bonchev–Trinajstić information content (AvgIpc) is 2.40. The van der Waals surface area contributed by atoms with Crippen LogP contribution in [-0.2, 0) is 9.53 Å². The van der Waals surface area contributed by atoms with Crippen molar-refractivity contribution in [1.82, 2.24) is 5.32 Å². The maximum absolute atomic E-state index is 13.3. The highest BCUT2D eigenvalue weighted by Crippen LogP contribution is 2.22. The minimum absolute atomic E-state index is 0.00884. The molecule has 0 amide bonds. The van der Waals surface area contributed by atoms with Gasteiger partial charge in [0.15, 0.2) is 0 Å². The fourth-order valence-corrected chi connectivity index (χ4v) is 2.39. The number of halogens is 1. The third kappa shape index (κ3) is 3.44. The number of carbonyl (C=O) groups is 1. The zero-order valence-corrected chi connectivity index (χ0v) is 11.2. The minimum Gasteiger partial charge on any atom is -0.469 e. The molecule has 1 heterocycles. The molecular weight excluding hydrogens is 247 g/mol. The number of hydrogen-bond donors (Lipinski definition) is 1. The van der Waals surface area contributed by atoms with E-state index in [1.807, 2.05) is 6.07 Å². The zero-order chi connectivity index (χ0) is 13.8. The van der Waals surface area contributed by atoms with Crippen molar-refractivity contribution in [2.45, 2.75) is 25.4 Å². The van der Waals surface area contributed by atoms with Gasteiger partial charge in [-0.3, -0.25) is 4.79 Å². The van der Waals surface area contributed by atoms with Crippen molar-refractivity contribution in [3.63, 3.8) is 0 Å².